The van der Waals surface area contributed by atoms with Crippen molar-refractivity contribution in [1.29, 1.82) is 0 Å². The zero-order valence-corrected chi connectivity index (χ0v) is 32.1. The molecule has 5 saturated carbocycles. The summed E-state index contributed by atoms with van der Waals surface area (Å²) in [6.07, 6.45) is -0.674. The second kappa shape index (κ2) is 12.3. The zero-order valence-electron chi connectivity index (χ0n) is 32.1. The van der Waals surface area contributed by atoms with Crippen molar-refractivity contribution in [3.8, 4) is 0 Å². The van der Waals surface area contributed by atoms with E-state index in [4.69, 9.17) is 18.9 Å². The highest BCUT2D eigenvalue weighted by Crippen LogP contribution is 2.83. The maximum atomic E-state index is 13.3. The van der Waals surface area contributed by atoms with Crippen molar-refractivity contribution in [2.75, 3.05) is 13.2 Å². The molecule has 0 radical (unpaired) electrons. The van der Waals surface area contributed by atoms with E-state index in [1.807, 2.05) is 13.0 Å². The summed E-state index contributed by atoms with van der Waals surface area (Å²) in [5.74, 6) is -0.292. The lowest BCUT2D eigenvalue weighted by Gasteiger charge is -2.73. The van der Waals surface area contributed by atoms with Crippen LogP contribution in [0, 0.1) is 50.2 Å². The van der Waals surface area contributed by atoms with Crippen LogP contribution < -0.4 is 0 Å². The summed E-state index contributed by atoms with van der Waals surface area (Å²) in [7, 11) is 0. The highest BCUT2D eigenvalue weighted by molar-refractivity contribution is 5.89. The minimum absolute atomic E-state index is 0.0506. The van der Waals surface area contributed by atoms with E-state index in [1.165, 1.54) is 0 Å². The molecule has 0 bridgehead atoms. The van der Waals surface area contributed by atoms with Crippen molar-refractivity contribution in [3.63, 3.8) is 0 Å². The predicted octanol–water partition coefficient (Wildman–Crippen LogP) is 3.80. The molecule has 2 heterocycles. The molecule has 7 fully saturated rings. The number of hydrogen-bond donors (Lipinski definition) is 5. The molecule has 0 aromatic heterocycles. The van der Waals surface area contributed by atoms with Gasteiger partial charge in [0.25, 0.3) is 0 Å². The van der Waals surface area contributed by atoms with E-state index in [1.54, 1.807) is 24.3 Å². The second-order valence-corrected chi connectivity index (χ2v) is 19.7. The van der Waals surface area contributed by atoms with E-state index in [2.05, 4.69) is 34.6 Å². The van der Waals surface area contributed by atoms with Crippen LogP contribution in [0.5, 0.6) is 0 Å². The quantitative estimate of drug-likeness (QED) is 0.124. The van der Waals surface area contributed by atoms with E-state index in [-0.39, 0.29) is 47.9 Å². The van der Waals surface area contributed by atoms with Gasteiger partial charge in [0.15, 0.2) is 6.29 Å². The molecule has 1 spiro atoms. The Labute approximate surface area is 312 Å². The average Bonchev–Trinajstić information content (AvgIpc) is 3.87. The fraction of sp³-hybridized carbons (Fsp3) is 0.810. The maximum Gasteiger partial charge on any atom is 0.338 e. The van der Waals surface area contributed by atoms with E-state index in [0.29, 0.717) is 31.2 Å². The number of hydrogen-bond acceptors (Lipinski definition) is 11. The summed E-state index contributed by atoms with van der Waals surface area (Å²) in [6, 6.07) is 8.83. The lowest BCUT2D eigenvalue weighted by atomic mass is 9.31. The SMILES string of the molecule is CC1(C=O)CC2C(C)(CC1OC(=O)c1ccccc1)C(O)CC1(C)C3(C)CCC4C(C)(CO)C(OC5OCC(O)C(O)C5O)CCC4(C)C3CC3OC321. The third kappa shape index (κ3) is 4.93. The molecule has 18 unspecified atom stereocenters. The fourth-order valence-corrected chi connectivity index (χ4v) is 14.0. The monoisotopic (exact) mass is 740 g/mol. The first-order valence-electron chi connectivity index (χ1n) is 19.9. The highest BCUT2D eigenvalue weighted by Gasteiger charge is 2.86. The van der Waals surface area contributed by atoms with Crippen molar-refractivity contribution < 1.29 is 54.1 Å². The van der Waals surface area contributed by atoms with Gasteiger partial charge in [-0.3, -0.25) is 0 Å². The number of carbonyl (C=O) groups excluding carboxylic acids is 2. The van der Waals surface area contributed by atoms with Crippen LogP contribution in [0.2, 0.25) is 0 Å². The molecular weight excluding hydrogens is 680 g/mol. The second-order valence-electron chi connectivity index (χ2n) is 19.7. The number of aldehydes is 1. The van der Waals surface area contributed by atoms with Crippen molar-refractivity contribution in [2.24, 2.45) is 50.2 Å². The molecular formula is C42H60O11. The molecule has 2 aliphatic heterocycles. The van der Waals surface area contributed by atoms with Gasteiger partial charge < -0.3 is 49.3 Å². The van der Waals surface area contributed by atoms with Crippen LogP contribution in [-0.2, 0) is 23.7 Å². The van der Waals surface area contributed by atoms with Crippen LogP contribution in [0.1, 0.15) is 103 Å². The van der Waals surface area contributed by atoms with Crippen LogP contribution in [0.25, 0.3) is 0 Å². The average molecular weight is 741 g/mol. The van der Waals surface area contributed by atoms with Crippen LogP contribution in [0.3, 0.4) is 0 Å². The lowest BCUT2D eigenvalue weighted by Crippen LogP contribution is -2.74. The Morgan fingerprint density at radius 2 is 1.58 bits per heavy atom. The van der Waals surface area contributed by atoms with Gasteiger partial charge in [0.1, 0.15) is 36.3 Å². The zero-order chi connectivity index (χ0) is 38.1. The van der Waals surface area contributed by atoms with Crippen molar-refractivity contribution in [2.45, 2.75) is 148 Å². The number of benzene rings is 1. The van der Waals surface area contributed by atoms with Gasteiger partial charge in [0.2, 0.25) is 0 Å². The molecule has 5 N–H and O–H groups in total. The number of aliphatic hydroxyl groups is 5. The normalized spacial score (nSPS) is 55.6. The van der Waals surface area contributed by atoms with E-state index >= 15 is 0 Å². The third-order valence-corrected chi connectivity index (χ3v) is 17.4. The van der Waals surface area contributed by atoms with E-state index < -0.39 is 76.1 Å². The molecule has 7 aliphatic rings. The minimum Gasteiger partial charge on any atom is -0.458 e. The Morgan fingerprint density at radius 3 is 2.26 bits per heavy atom. The van der Waals surface area contributed by atoms with Crippen LogP contribution in [0.15, 0.2) is 30.3 Å². The molecule has 2 saturated heterocycles. The van der Waals surface area contributed by atoms with E-state index in [0.717, 1.165) is 32.0 Å². The van der Waals surface area contributed by atoms with Crippen molar-refractivity contribution in [1.82, 2.24) is 0 Å². The van der Waals surface area contributed by atoms with Gasteiger partial charge in [-0.15, -0.1) is 0 Å². The number of carbonyl (C=O) groups is 2. The van der Waals surface area contributed by atoms with E-state index in [9.17, 15) is 35.1 Å². The Balaban J connectivity index is 1.08. The van der Waals surface area contributed by atoms with Crippen molar-refractivity contribution >= 4 is 12.3 Å². The summed E-state index contributed by atoms with van der Waals surface area (Å²) in [5.41, 5.74) is -3.19. The molecule has 294 valence electrons. The molecule has 0 amide bonds. The Bertz CT molecular complexity index is 1610. The van der Waals surface area contributed by atoms with Crippen molar-refractivity contribution in [3.05, 3.63) is 35.9 Å². The molecule has 1 aromatic carbocycles. The van der Waals surface area contributed by atoms with Gasteiger partial charge in [-0.05, 0) is 93.1 Å². The van der Waals surface area contributed by atoms with Gasteiger partial charge in [-0.2, -0.15) is 0 Å². The van der Waals surface area contributed by atoms with Gasteiger partial charge in [0.05, 0.1) is 42.5 Å². The molecule has 5 aliphatic carbocycles. The maximum absolute atomic E-state index is 13.3. The summed E-state index contributed by atoms with van der Waals surface area (Å²) in [4.78, 5) is 26.3. The Hall–Kier alpha value is -1.96. The van der Waals surface area contributed by atoms with Gasteiger partial charge in [-0.1, -0.05) is 52.8 Å². The van der Waals surface area contributed by atoms with Gasteiger partial charge in [-0.25, -0.2) is 4.79 Å². The number of ether oxygens (including phenoxy) is 4. The fourth-order valence-electron chi connectivity index (χ4n) is 14.0. The molecule has 11 heteroatoms. The Morgan fingerprint density at radius 1 is 0.868 bits per heavy atom. The highest BCUT2D eigenvalue weighted by atomic mass is 16.7. The first-order chi connectivity index (χ1) is 24.9. The number of epoxide rings is 1. The third-order valence-electron chi connectivity index (χ3n) is 17.4. The lowest BCUT2D eigenvalue weighted by molar-refractivity contribution is -0.317. The summed E-state index contributed by atoms with van der Waals surface area (Å²) in [5, 5.41) is 54.5. The smallest absolute Gasteiger partial charge is 0.338 e. The number of aliphatic hydroxyl groups excluding tert-OH is 5. The number of esters is 1. The predicted molar refractivity (Wildman–Crippen MR) is 191 cm³/mol. The first-order valence-corrected chi connectivity index (χ1v) is 19.9. The first kappa shape index (κ1) is 37.9. The largest absolute Gasteiger partial charge is 0.458 e. The number of fused-ring (bicyclic) bond motifs is 5. The minimum atomic E-state index is -1.40. The Kier molecular flexibility index (Phi) is 8.78. The summed E-state index contributed by atoms with van der Waals surface area (Å²) in [6.45, 7) is 12.9. The van der Waals surface area contributed by atoms with Crippen LogP contribution in [0.4, 0.5) is 0 Å². The van der Waals surface area contributed by atoms with Crippen LogP contribution in [-0.4, -0.2) is 106 Å². The molecule has 1 aromatic rings. The standard InChI is InChI=1S/C42H60O11/c1-36(21-43)17-27-38(3,19-31(36)51-34(49)23-10-8-7-9-11-23)28(46)18-41(6)40(5)15-12-25-37(2,26(40)16-30-42(27,41)53-30)14-13-29(39(25,4)22-44)52-35-33(48)32(47)24(45)20-50-35/h7-11,21,24-33,35,44-48H,12-20,22H2,1-6H3. The topological polar surface area (TPSA) is 176 Å². The van der Waals surface area contributed by atoms with Crippen LogP contribution >= 0.6 is 0 Å². The van der Waals surface area contributed by atoms with Gasteiger partial charge in [0, 0.05) is 22.2 Å². The summed E-state index contributed by atoms with van der Waals surface area (Å²) >= 11 is 0. The van der Waals surface area contributed by atoms with Gasteiger partial charge >= 0.3 is 5.97 Å². The number of rotatable bonds is 6. The summed E-state index contributed by atoms with van der Waals surface area (Å²) < 4.78 is 25.3. The molecule has 11 nitrogen and oxygen atoms in total. The molecule has 8 rings (SSSR count). The molecule has 53 heavy (non-hydrogen) atoms. The molecule has 18 atom stereocenters.